The summed E-state index contributed by atoms with van der Waals surface area (Å²) in [5, 5.41) is 5.32. The quantitative estimate of drug-likeness (QED) is 0.203. The molecule has 0 aromatic heterocycles. The molecule has 0 aliphatic rings. The van der Waals surface area contributed by atoms with Crippen molar-refractivity contribution >= 4 is 37.0 Å². The molecule has 24 heavy (non-hydrogen) atoms. The molecule has 4 aromatic carbocycles. The van der Waals surface area contributed by atoms with E-state index in [2.05, 4.69) is 96.4 Å². The van der Waals surface area contributed by atoms with Crippen LogP contribution in [-0.4, -0.2) is 15.4 Å². The molecule has 0 atom stereocenters. The summed E-state index contributed by atoms with van der Waals surface area (Å²) in [6.07, 6.45) is 0. The molecule has 4 aromatic rings. The molecule has 0 bridgehead atoms. The van der Waals surface area contributed by atoms with E-state index in [9.17, 15) is 0 Å². The summed E-state index contributed by atoms with van der Waals surface area (Å²) in [5.41, 5.74) is 0. The van der Waals surface area contributed by atoms with Crippen molar-refractivity contribution in [2.24, 2.45) is 0 Å². The van der Waals surface area contributed by atoms with E-state index in [1.54, 1.807) is 0 Å². The van der Waals surface area contributed by atoms with Gasteiger partial charge in [-0.1, -0.05) is 12.1 Å². The van der Waals surface area contributed by atoms with Gasteiger partial charge < -0.3 is 14.9 Å². The SMILES string of the molecule is [CH3-].[CH3-].[CH3][Ge][CH3].[Zr+4].c1ccc2[cH-]ccc2c1.c1ccc2[cH-]ccc2c1. The predicted octanol–water partition coefficient (Wildman–Crippen LogP) is 6.80. The van der Waals surface area contributed by atoms with Crippen molar-refractivity contribution in [1.82, 2.24) is 0 Å². The molecule has 0 unspecified atom stereocenters. The number of hydrogen-bond donors (Lipinski definition) is 0. The Kier molecular flexibility index (Phi) is 15.2. The molecule has 0 aliphatic heterocycles. The molecule has 2 radical (unpaired) electrons. The van der Waals surface area contributed by atoms with Gasteiger partial charge in [0.1, 0.15) is 0 Å². The molecule has 0 aliphatic carbocycles. The minimum atomic E-state index is 0. The fourth-order valence-electron chi connectivity index (χ4n) is 2.14. The fraction of sp³-hybridized carbons (Fsp3) is 0.0909. The van der Waals surface area contributed by atoms with Crippen molar-refractivity contribution in [2.75, 3.05) is 0 Å². The third-order valence-electron chi connectivity index (χ3n) is 3.10. The van der Waals surface area contributed by atoms with Crippen molar-refractivity contribution in [2.45, 2.75) is 11.5 Å². The first kappa shape index (κ1) is 25.3. The van der Waals surface area contributed by atoms with E-state index in [-0.39, 0.29) is 41.1 Å². The molecule has 0 amide bonds. The molecule has 0 N–H and O–H groups in total. The second kappa shape index (κ2) is 14.4. The average molecular weight is 454 g/mol. The predicted molar refractivity (Wildman–Crippen MR) is 109 cm³/mol. The molecule has 4 rings (SSSR count). The maximum Gasteiger partial charge on any atom is 4.00 e. The Morgan fingerprint density at radius 2 is 0.958 bits per heavy atom. The molecular weight excluding hydrogens is 428 g/mol. The zero-order valence-electron chi connectivity index (χ0n) is 15.1. The summed E-state index contributed by atoms with van der Waals surface area (Å²) in [5.74, 6) is 4.50. The van der Waals surface area contributed by atoms with E-state index in [1.165, 1.54) is 21.5 Å². The summed E-state index contributed by atoms with van der Waals surface area (Å²) in [4.78, 5) is 0. The van der Waals surface area contributed by atoms with Crippen LogP contribution in [0.5, 0.6) is 0 Å². The molecular formula is C22H26GeZr. The van der Waals surface area contributed by atoms with Gasteiger partial charge in [0.2, 0.25) is 0 Å². The van der Waals surface area contributed by atoms with E-state index in [0.717, 1.165) is 0 Å². The van der Waals surface area contributed by atoms with Gasteiger partial charge in [0.25, 0.3) is 0 Å². The molecule has 0 saturated carbocycles. The van der Waals surface area contributed by atoms with Gasteiger partial charge in [-0.2, -0.15) is 35.0 Å². The van der Waals surface area contributed by atoms with Crippen molar-refractivity contribution in [3.8, 4) is 0 Å². The van der Waals surface area contributed by atoms with Gasteiger partial charge in [-0.15, -0.1) is 59.3 Å². The minimum absolute atomic E-state index is 0. The molecule has 0 saturated heterocycles. The molecule has 0 heterocycles. The maximum absolute atomic E-state index is 2.25. The van der Waals surface area contributed by atoms with E-state index in [4.69, 9.17) is 0 Å². The number of hydrogen-bond acceptors (Lipinski definition) is 0. The van der Waals surface area contributed by atoms with Gasteiger partial charge in [-0.25, -0.2) is 0 Å². The summed E-state index contributed by atoms with van der Waals surface area (Å²) in [6, 6.07) is 29.3. The van der Waals surface area contributed by atoms with Gasteiger partial charge in [0.05, 0.1) is 0 Å². The van der Waals surface area contributed by atoms with E-state index in [0.29, 0.717) is 15.4 Å². The molecule has 0 nitrogen and oxygen atoms in total. The Hall–Kier alpha value is -0.914. The zero-order chi connectivity index (χ0) is 14.9. The van der Waals surface area contributed by atoms with Crippen LogP contribution in [0.3, 0.4) is 0 Å². The van der Waals surface area contributed by atoms with Gasteiger partial charge in [0.15, 0.2) is 0 Å². The van der Waals surface area contributed by atoms with Crippen LogP contribution < -0.4 is 0 Å². The van der Waals surface area contributed by atoms with E-state index in [1.807, 2.05) is 0 Å². The third-order valence-corrected chi connectivity index (χ3v) is 3.10. The fourth-order valence-corrected chi connectivity index (χ4v) is 2.14. The van der Waals surface area contributed by atoms with Crippen molar-refractivity contribution in [1.29, 1.82) is 0 Å². The summed E-state index contributed by atoms with van der Waals surface area (Å²) in [6.45, 7) is 0. The van der Waals surface area contributed by atoms with Crippen LogP contribution in [0.25, 0.3) is 21.5 Å². The Bertz CT molecular complexity index is 641. The molecule has 2 heteroatoms. The number of benzene rings is 2. The molecule has 0 spiro atoms. The van der Waals surface area contributed by atoms with Crippen LogP contribution in [0.4, 0.5) is 0 Å². The van der Waals surface area contributed by atoms with Gasteiger partial charge in [0, 0.05) is 0 Å². The summed E-state index contributed by atoms with van der Waals surface area (Å²) < 4.78 is 0. The number of rotatable bonds is 0. The van der Waals surface area contributed by atoms with Gasteiger partial charge in [-0.05, 0) is 0 Å². The monoisotopic (exact) mass is 454 g/mol. The Balaban J connectivity index is 0. The Morgan fingerprint density at radius 1 is 0.625 bits per heavy atom. The largest absolute Gasteiger partial charge is 4.00 e. The first-order chi connectivity index (χ1) is 10.3. The van der Waals surface area contributed by atoms with Crippen LogP contribution in [0.1, 0.15) is 0 Å². The van der Waals surface area contributed by atoms with Crippen molar-refractivity contribution in [3.05, 3.63) is 99.8 Å². The zero-order valence-corrected chi connectivity index (χ0v) is 19.6. The Labute approximate surface area is 173 Å². The maximum atomic E-state index is 2.25. The normalized spacial score (nSPS) is 8.42. The molecule has 122 valence electrons. The second-order valence-electron chi connectivity index (χ2n) is 4.81. The summed E-state index contributed by atoms with van der Waals surface area (Å²) in [7, 11) is 0. The number of fused-ring (bicyclic) bond motifs is 2. The Morgan fingerprint density at radius 3 is 1.29 bits per heavy atom. The first-order valence-corrected chi connectivity index (χ1v) is 11.3. The third kappa shape index (κ3) is 7.77. The molecule has 0 fully saturated rings. The summed E-state index contributed by atoms with van der Waals surface area (Å²) >= 11 is 0.500. The van der Waals surface area contributed by atoms with E-state index < -0.39 is 0 Å². The van der Waals surface area contributed by atoms with Crippen molar-refractivity contribution in [3.63, 3.8) is 0 Å². The van der Waals surface area contributed by atoms with Crippen LogP contribution in [-0.2, 0) is 26.2 Å². The minimum Gasteiger partial charge on any atom is -0.168 e. The van der Waals surface area contributed by atoms with Crippen LogP contribution in [0, 0.1) is 14.9 Å². The van der Waals surface area contributed by atoms with Crippen molar-refractivity contribution < 1.29 is 26.2 Å². The topological polar surface area (TPSA) is 0 Å². The smallest absolute Gasteiger partial charge is 0.168 e. The van der Waals surface area contributed by atoms with Crippen LogP contribution in [0.2, 0.25) is 11.5 Å². The van der Waals surface area contributed by atoms with Gasteiger partial charge >= 0.3 is 53.1 Å². The average Bonchev–Trinajstić information content (AvgIpc) is 3.17. The van der Waals surface area contributed by atoms with E-state index >= 15 is 0 Å². The van der Waals surface area contributed by atoms with Crippen LogP contribution in [0.15, 0.2) is 84.9 Å². The van der Waals surface area contributed by atoms with Gasteiger partial charge in [-0.3, -0.25) is 0 Å². The standard InChI is InChI=1S/2C9H7.C2H6Ge.2CH3.Zr/c2*1-2-5-9-7-3-6-8(9)4-1;1-3-2;;;/h2*1-7H;1-2H3;2*1H3;/q2*-1;;2*-1;+4. The second-order valence-corrected chi connectivity index (χ2v) is 6.91. The first-order valence-electron chi connectivity index (χ1n) is 7.14. The van der Waals surface area contributed by atoms with Crippen LogP contribution >= 0.6 is 0 Å².